The fourth-order valence-electron chi connectivity index (χ4n) is 2.03. The van der Waals surface area contributed by atoms with Crippen LogP contribution < -0.4 is 5.32 Å². The van der Waals surface area contributed by atoms with E-state index in [1.54, 1.807) is 17.8 Å². The van der Waals surface area contributed by atoms with Gasteiger partial charge in [0.2, 0.25) is 5.91 Å². The van der Waals surface area contributed by atoms with Crippen LogP contribution in [-0.2, 0) is 27.4 Å². The van der Waals surface area contributed by atoms with E-state index < -0.39 is 0 Å². The van der Waals surface area contributed by atoms with E-state index in [0.717, 1.165) is 6.42 Å². The summed E-state index contributed by atoms with van der Waals surface area (Å²) < 4.78 is 7.63. The zero-order valence-corrected chi connectivity index (χ0v) is 15.9. The summed E-state index contributed by atoms with van der Waals surface area (Å²) in [5, 5.41) is 10.8. The number of nitrogens with one attached hydrogen (secondary N) is 1. The summed E-state index contributed by atoms with van der Waals surface area (Å²) in [7, 11) is 0. The van der Waals surface area contributed by atoms with Crippen molar-refractivity contribution in [1.82, 2.24) is 20.3 Å². The van der Waals surface area contributed by atoms with Gasteiger partial charge in [-0.05, 0) is 32.3 Å². The molecule has 1 heterocycles. The Kier molecular flexibility index (Phi) is 8.48. The molecule has 1 aromatic heterocycles. The second-order valence-corrected chi connectivity index (χ2v) is 7.07. The normalized spacial score (nSPS) is 12.1. The lowest BCUT2D eigenvalue weighted by Crippen LogP contribution is -2.31. The minimum Gasteiger partial charge on any atom is -0.374 e. The van der Waals surface area contributed by atoms with Crippen molar-refractivity contribution in [3.05, 3.63) is 24.0 Å². The molecule has 0 atom stereocenters. The van der Waals surface area contributed by atoms with Crippen molar-refractivity contribution in [2.75, 3.05) is 6.61 Å². The first-order valence-electron chi connectivity index (χ1n) is 8.73. The lowest BCUT2D eigenvalue weighted by molar-refractivity contribution is -0.118. The molecule has 0 unspecified atom stereocenters. The van der Waals surface area contributed by atoms with Crippen molar-refractivity contribution in [1.29, 1.82) is 0 Å². The minimum atomic E-state index is -0.341. The molecule has 0 saturated carbocycles. The van der Waals surface area contributed by atoms with Gasteiger partial charge in [-0.2, -0.15) is 0 Å². The third-order valence-electron chi connectivity index (χ3n) is 3.53. The van der Waals surface area contributed by atoms with Crippen LogP contribution in [-0.4, -0.2) is 38.9 Å². The van der Waals surface area contributed by atoms with Crippen molar-refractivity contribution in [2.24, 2.45) is 5.92 Å². The van der Waals surface area contributed by atoms with Crippen molar-refractivity contribution in [3.63, 3.8) is 0 Å². The van der Waals surface area contributed by atoms with Gasteiger partial charge in [-0.1, -0.05) is 26.0 Å². The number of ketones is 1. The number of aromatic nitrogens is 3. The number of hydrogen-bond donors (Lipinski definition) is 1. The highest BCUT2D eigenvalue weighted by atomic mass is 16.5. The van der Waals surface area contributed by atoms with Crippen LogP contribution >= 0.6 is 0 Å². The van der Waals surface area contributed by atoms with Crippen LogP contribution in [0.15, 0.2) is 18.3 Å². The molecule has 1 amide bonds. The summed E-state index contributed by atoms with van der Waals surface area (Å²) in [5.74, 6) is 0.202. The van der Waals surface area contributed by atoms with Crippen LogP contribution in [0.2, 0.25) is 0 Å². The van der Waals surface area contributed by atoms with Crippen LogP contribution in [0.25, 0.3) is 0 Å². The molecule has 7 heteroatoms. The number of carbonyl (C=O) groups is 2. The van der Waals surface area contributed by atoms with E-state index >= 15 is 0 Å². The van der Waals surface area contributed by atoms with Gasteiger partial charge in [0.1, 0.15) is 5.69 Å². The van der Waals surface area contributed by atoms with Gasteiger partial charge in [-0.15, -0.1) is 5.10 Å². The number of allylic oxidation sites excluding steroid dienone is 1. The van der Waals surface area contributed by atoms with E-state index in [2.05, 4.69) is 29.5 Å². The van der Waals surface area contributed by atoms with Crippen LogP contribution in [0, 0.1) is 5.92 Å². The van der Waals surface area contributed by atoms with Gasteiger partial charge >= 0.3 is 0 Å². The van der Waals surface area contributed by atoms with E-state index in [0.29, 0.717) is 31.2 Å². The molecule has 0 spiro atoms. The summed E-state index contributed by atoms with van der Waals surface area (Å²) in [6.45, 7) is 11.7. The van der Waals surface area contributed by atoms with Gasteiger partial charge in [0.15, 0.2) is 5.78 Å². The van der Waals surface area contributed by atoms with E-state index in [1.165, 1.54) is 12.2 Å². The topological polar surface area (TPSA) is 86.1 Å². The Morgan fingerprint density at radius 2 is 2.08 bits per heavy atom. The summed E-state index contributed by atoms with van der Waals surface area (Å²) in [4.78, 5) is 22.8. The van der Waals surface area contributed by atoms with Gasteiger partial charge in [-0.25, -0.2) is 4.68 Å². The molecule has 0 fully saturated rings. The average Bonchev–Trinajstić information content (AvgIpc) is 2.96. The van der Waals surface area contributed by atoms with Crippen LogP contribution in [0.5, 0.6) is 0 Å². The Labute approximate surface area is 149 Å². The Hall–Kier alpha value is -2.02. The molecule has 1 N–H and O–H groups in total. The van der Waals surface area contributed by atoms with Crippen molar-refractivity contribution in [2.45, 2.75) is 66.2 Å². The number of carbonyl (C=O) groups excluding carboxylic acids is 2. The number of rotatable bonds is 11. The summed E-state index contributed by atoms with van der Waals surface area (Å²) in [6, 6.07) is 0. The minimum absolute atomic E-state index is 0.0826. The van der Waals surface area contributed by atoms with Gasteiger partial charge < -0.3 is 10.1 Å². The van der Waals surface area contributed by atoms with Crippen LogP contribution in [0.4, 0.5) is 0 Å². The molecule has 0 aromatic carbocycles. The SMILES string of the molecule is CCC(=O)/C=C\C(=O)NCc1cn(CC(C)(C)OCCC(C)C)nn1. The predicted molar refractivity (Wildman–Crippen MR) is 95.8 cm³/mol. The zero-order chi connectivity index (χ0) is 18.9. The Bertz CT molecular complexity index is 591. The van der Waals surface area contributed by atoms with Crippen molar-refractivity contribution >= 4 is 11.7 Å². The molecule has 140 valence electrons. The van der Waals surface area contributed by atoms with Crippen LogP contribution in [0.1, 0.15) is 53.2 Å². The van der Waals surface area contributed by atoms with Gasteiger partial charge in [0.25, 0.3) is 0 Å². The number of amides is 1. The molecule has 0 aliphatic rings. The number of hydrogen-bond acceptors (Lipinski definition) is 5. The van der Waals surface area contributed by atoms with Gasteiger partial charge in [-0.3, -0.25) is 9.59 Å². The highest BCUT2D eigenvalue weighted by molar-refractivity contribution is 5.97. The maximum Gasteiger partial charge on any atom is 0.244 e. The van der Waals surface area contributed by atoms with E-state index in [1.807, 2.05) is 13.8 Å². The number of nitrogens with zero attached hydrogens (tertiary/aromatic N) is 3. The second kappa shape index (κ2) is 10.1. The summed E-state index contributed by atoms with van der Waals surface area (Å²) in [6.07, 6.45) is 5.71. The first-order chi connectivity index (χ1) is 11.7. The monoisotopic (exact) mass is 350 g/mol. The zero-order valence-electron chi connectivity index (χ0n) is 15.9. The lowest BCUT2D eigenvalue weighted by Gasteiger charge is -2.25. The Morgan fingerprint density at radius 3 is 2.72 bits per heavy atom. The molecule has 1 aromatic rings. The molecule has 7 nitrogen and oxygen atoms in total. The quantitative estimate of drug-likeness (QED) is 0.619. The highest BCUT2D eigenvalue weighted by Crippen LogP contribution is 2.14. The molecule has 0 aliphatic heterocycles. The fraction of sp³-hybridized carbons (Fsp3) is 0.667. The van der Waals surface area contributed by atoms with E-state index in [-0.39, 0.29) is 23.8 Å². The van der Waals surface area contributed by atoms with E-state index in [9.17, 15) is 9.59 Å². The Morgan fingerprint density at radius 1 is 1.36 bits per heavy atom. The van der Waals surface area contributed by atoms with Crippen LogP contribution in [0.3, 0.4) is 0 Å². The summed E-state index contributed by atoms with van der Waals surface area (Å²) >= 11 is 0. The first-order valence-corrected chi connectivity index (χ1v) is 8.73. The molecule has 1 rings (SSSR count). The second-order valence-electron chi connectivity index (χ2n) is 7.07. The molecule has 0 aliphatic carbocycles. The maximum absolute atomic E-state index is 11.6. The molecule has 0 bridgehead atoms. The third-order valence-corrected chi connectivity index (χ3v) is 3.53. The largest absolute Gasteiger partial charge is 0.374 e. The predicted octanol–water partition coefficient (Wildman–Crippen LogP) is 2.27. The first kappa shape index (κ1) is 21.0. The standard InChI is InChI=1S/C18H30N4O3/c1-6-16(23)7-8-17(24)19-11-15-12-22(21-20-15)13-18(4,5)25-10-9-14(2)3/h7-8,12,14H,6,9-11,13H2,1-5H3,(H,19,24)/b8-7-. The molecular weight excluding hydrogens is 320 g/mol. The van der Waals surface area contributed by atoms with E-state index in [4.69, 9.17) is 4.74 Å². The average molecular weight is 350 g/mol. The Balaban J connectivity index is 2.44. The lowest BCUT2D eigenvalue weighted by atomic mass is 10.1. The third kappa shape index (κ3) is 9.14. The maximum atomic E-state index is 11.6. The van der Waals surface area contributed by atoms with Gasteiger partial charge in [0, 0.05) is 19.1 Å². The van der Waals surface area contributed by atoms with Crippen molar-refractivity contribution < 1.29 is 14.3 Å². The fourth-order valence-corrected chi connectivity index (χ4v) is 2.03. The highest BCUT2D eigenvalue weighted by Gasteiger charge is 2.20. The number of ether oxygens (including phenoxy) is 1. The van der Waals surface area contributed by atoms with Gasteiger partial charge in [0.05, 0.1) is 24.9 Å². The molecular formula is C18H30N4O3. The molecule has 25 heavy (non-hydrogen) atoms. The van der Waals surface area contributed by atoms with Crippen molar-refractivity contribution in [3.8, 4) is 0 Å². The molecule has 0 radical (unpaired) electrons. The smallest absolute Gasteiger partial charge is 0.244 e. The summed E-state index contributed by atoms with van der Waals surface area (Å²) in [5.41, 5.74) is 0.313. The molecule has 0 saturated heterocycles.